The number of rotatable bonds is 10. The lowest BCUT2D eigenvalue weighted by Gasteiger charge is -2.11. The normalized spacial score (nSPS) is 13.0. The number of Topliss-reactive ketones (excluding diaryl/α,β-unsaturated/α-hetero) is 1. The number of benzene rings is 1. The third-order valence-corrected chi connectivity index (χ3v) is 5.01. The summed E-state index contributed by atoms with van der Waals surface area (Å²) in [6.45, 7) is 8.87. The second-order valence-electron chi connectivity index (χ2n) is 8.38. The Kier molecular flexibility index (Phi) is 9.24. The van der Waals surface area contributed by atoms with E-state index in [1.165, 1.54) is 6.07 Å². The van der Waals surface area contributed by atoms with E-state index >= 15 is 0 Å². The van der Waals surface area contributed by atoms with Crippen LogP contribution in [0.4, 0.5) is 4.79 Å². The molecule has 1 amide bonds. The predicted octanol–water partition coefficient (Wildman–Crippen LogP) is 5.47. The lowest BCUT2D eigenvalue weighted by Crippen LogP contribution is -2.18. The van der Waals surface area contributed by atoms with Crippen molar-refractivity contribution in [2.45, 2.75) is 59.5 Å². The van der Waals surface area contributed by atoms with E-state index in [2.05, 4.69) is 5.32 Å². The molecule has 0 aliphatic heterocycles. The van der Waals surface area contributed by atoms with Crippen LogP contribution in [0.1, 0.15) is 75.1 Å². The molecule has 182 valence electrons. The molecule has 1 aromatic carbocycles. The quantitative estimate of drug-likeness (QED) is 0.311. The van der Waals surface area contributed by atoms with E-state index in [0.29, 0.717) is 24.3 Å². The number of carboxylic acid groups (broad SMARTS) is 1. The fourth-order valence-corrected chi connectivity index (χ4v) is 3.29. The van der Waals surface area contributed by atoms with Crippen LogP contribution >= 0.6 is 0 Å². The molecule has 1 aromatic heterocycles. The Morgan fingerprint density at radius 1 is 1.15 bits per heavy atom. The van der Waals surface area contributed by atoms with Gasteiger partial charge in [-0.1, -0.05) is 25.1 Å². The van der Waals surface area contributed by atoms with Gasteiger partial charge in [0, 0.05) is 17.7 Å². The molecule has 0 saturated carbocycles. The van der Waals surface area contributed by atoms with Crippen LogP contribution in [-0.4, -0.2) is 28.2 Å². The largest absolute Gasteiger partial charge is 0.507 e. The van der Waals surface area contributed by atoms with Gasteiger partial charge in [0.15, 0.2) is 5.78 Å². The van der Waals surface area contributed by atoms with Crippen molar-refractivity contribution in [1.29, 1.82) is 0 Å². The van der Waals surface area contributed by atoms with Crippen LogP contribution in [0, 0.1) is 0 Å². The average Bonchev–Trinajstić information content (AvgIpc) is 2.73. The Morgan fingerprint density at radius 2 is 1.79 bits per heavy atom. The molecular formula is C26H31NO7. The number of nitrogens with one attached hydrogen (secondary N) is 1. The summed E-state index contributed by atoms with van der Waals surface area (Å²) in [6.07, 6.45) is 3.32. The van der Waals surface area contributed by atoms with Crippen molar-refractivity contribution in [2.75, 3.05) is 0 Å². The lowest BCUT2D eigenvalue weighted by atomic mass is 9.99. The van der Waals surface area contributed by atoms with Crippen molar-refractivity contribution < 1.29 is 29.0 Å². The summed E-state index contributed by atoms with van der Waals surface area (Å²) >= 11 is 0. The van der Waals surface area contributed by atoms with Crippen LogP contribution in [0.3, 0.4) is 0 Å². The van der Waals surface area contributed by atoms with E-state index in [0.717, 1.165) is 5.56 Å². The molecule has 1 unspecified atom stereocenters. The van der Waals surface area contributed by atoms with Gasteiger partial charge in [0.25, 0.3) is 0 Å². The smallest absolute Gasteiger partial charge is 0.408 e. The molecule has 3 N–H and O–H groups in total. The van der Waals surface area contributed by atoms with Gasteiger partial charge < -0.3 is 19.4 Å². The summed E-state index contributed by atoms with van der Waals surface area (Å²) in [4.78, 5) is 36.0. The highest BCUT2D eigenvalue weighted by molar-refractivity contribution is 6.12. The number of aromatic hydroxyl groups is 1. The molecule has 0 radical (unpaired) electrons. The van der Waals surface area contributed by atoms with Gasteiger partial charge in [-0.05, 0) is 69.9 Å². The Hall–Kier alpha value is -3.81. The van der Waals surface area contributed by atoms with Gasteiger partial charge in [0.05, 0.1) is 6.10 Å². The molecule has 0 aliphatic rings. The summed E-state index contributed by atoms with van der Waals surface area (Å²) in [5.74, 6) is -0.330. The van der Waals surface area contributed by atoms with E-state index in [1.54, 1.807) is 50.3 Å². The minimum absolute atomic E-state index is 0.0483. The van der Waals surface area contributed by atoms with Crippen LogP contribution in [0.25, 0.3) is 6.08 Å². The number of ether oxygens (including phenoxy) is 1. The number of allylic oxidation sites excluding steroid dienone is 3. The zero-order valence-electron chi connectivity index (χ0n) is 20.0. The van der Waals surface area contributed by atoms with Gasteiger partial charge in [-0.15, -0.1) is 0 Å². The second kappa shape index (κ2) is 11.9. The van der Waals surface area contributed by atoms with Crippen molar-refractivity contribution in [3.05, 3.63) is 75.0 Å². The van der Waals surface area contributed by atoms with Crippen molar-refractivity contribution in [2.24, 2.45) is 0 Å². The molecule has 1 atom stereocenters. The first-order valence-corrected chi connectivity index (χ1v) is 11.0. The van der Waals surface area contributed by atoms with Crippen LogP contribution < -0.4 is 15.7 Å². The van der Waals surface area contributed by atoms with Gasteiger partial charge in [-0.2, -0.15) is 0 Å². The molecule has 1 heterocycles. The molecule has 2 aromatic rings. The van der Waals surface area contributed by atoms with Crippen LogP contribution in [0.2, 0.25) is 0 Å². The number of carbonyl (C=O) groups excluding carboxylic acids is 1. The van der Waals surface area contributed by atoms with E-state index in [4.69, 9.17) is 14.3 Å². The Balaban J connectivity index is 2.15. The summed E-state index contributed by atoms with van der Waals surface area (Å²) < 4.78 is 10.9. The van der Waals surface area contributed by atoms with E-state index in [-0.39, 0.29) is 23.4 Å². The van der Waals surface area contributed by atoms with Crippen molar-refractivity contribution in [1.82, 2.24) is 5.32 Å². The molecule has 8 heteroatoms. The molecule has 2 rings (SSSR count). The highest BCUT2D eigenvalue weighted by atomic mass is 16.5. The first-order chi connectivity index (χ1) is 16.0. The Bertz CT molecular complexity index is 1140. The molecule has 0 spiro atoms. The van der Waals surface area contributed by atoms with Gasteiger partial charge in [-0.25, -0.2) is 9.59 Å². The fraction of sp³-hybridized carbons (Fsp3) is 0.346. The fourth-order valence-electron chi connectivity index (χ4n) is 3.29. The van der Waals surface area contributed by atoms with Crippen LogP contribution in [0.5, 0.6) is 11.5 Å². The number of hydrogen-bond acceptors (Lipinski definition) is 6. The molecule has 0 saturated heterocycles. The maximum atomic E-state index is 12.8. The van der Waals surface area contributed by atoms with E-state index in [9.17, 15) is 19.5 Å². The number of amides is 1. The van der Waals surface area contributed by atoms with Crippen molar-refractivity contribution >= 4 is 18.0 Å². The minimum atomic E-state index is -1.14. The van der Waals surface area contributed by atoms with Crippen LogP contribution in [0.15, 0.2) is 56.9 Å². The molecular weight excluding hydrogens is 438 g/mol. The molecule has 34 heavy (non-hydrogen) atoms. The third-order valence-electron chi connectivity index (χ3n) is 5.01. The van der Waals surface area contributed by atoms with Gasteiger partial charge >= 0.3 is 11.7 Å². The standard InChI is InChI=1S/C26H31NO7/c1-15(2)33-20-11-9-19(10-12-20)13-17(4)24(29)23-21(28)14-22(34-25(23)30)16(3)7-6-8-18(5)27-26(31)32/h8-16,27-28H,6-7H2,1-5H3,(H,31,32)/b17-13-,18-8+. The van der Waals surface area contributed by atoms with Crippen molar-refractivity contribution in [3.63, 3.8) is 0 Å². The van der Waals surface area contributed by atoms with E-state index in [1.807, 2.05) is 20.8 Å². The number of ketones is 1. The van der Waals surface area contributed by atoms with Gasteiger partial charge in [-0.3, -0.25) is 10.1 Å². The molecule has 0 fully saturated rings. The highest BCUT2D eigenvalue weighted by Crippen LogP contribution is 2.26. The highest BCUT2D eigenvalue weighted by Gasteiger charge is 2.22. The zero-order chi connectivity index (χ0) is 25.4. The summed E-state index contributed by atoms with van der Waals surface area (Å²) in [5, 5.41) is 21.4. The predicted molar refractivity (Wildman–Crippen MR) is 129 cm³/mol. The van der Waals surface area contributed by atoms with Gasteiger partial charge in [0.2, 0.25) is 0 Å². The molecule has 0 aliphatic carbocycles. The molecule has 0 bridgehead atoms. The first-order valence-electron chi connectivity index (χ1n) is 11.0. The summed E-state index contributed by atoms with van der Waals surface area (Å²) in [6, 6.07) is 8.46. The first kappa shape index (κ1) is 26.4. The second-order valence-corrected chi connectivity index (χ2v) is 8.38. The summed E-state index contributed by atoms with van der Waals surface area (Å²) in [5.41, 5.74) is 0.198. The monoisotopic (exact) mass is 469 g/mol. The Morgan fingerprint density at radius 3 is 2.35 bits per heavy atom. The van der Waals surface area contributed by atoms with Gasteiger partial charge in [0.1, 0.15) is 22.8 Å². The SMILES string of the molecule is C/C(=C/c1ccc(OC(C)C)cc1)C(=O)c1c(O)cc(C(C)CC/C=C(\C)NC(=O)O)oc1=O. The van der Waals surface area contributed by atoms with Crippen LogP contribution in [-0.2, 0) is 0 Å². The maximum Gasteiger partial charge on any atom is 0.408 e. The Labute approximate surface area is 198 Å². The third kappa shape index (κ3) is 7.65. The number of carbonyl (C=O) groups is 2. The number of hydrogen-bond donors (Lipinski definition) is 3. The topological polar surface area (TPSA) is 126 Å². The molecule has 8 nitrogen and oxygen atoms in total. The maximum absolute atomic E-state index is 12.8. The average molecular weight is 470 g/mol. The minimum Gasteiger partial charge on any atom is -0.507 e. The zero-order valence-corrected chi connectivity index (χ0v) is 20.0. The van der Waals surface area contributed by atoms with Crippen molar-refractivity contribution in [3.8, 4) is 11.5 Å². The summed E-state index contributed by atoms with van der Waals surface area (Å²) in [7, 11) is 0. The lowest BCUT2D eigenvalue weighted by molar-refractivity contribution is 0.102. The van der Waals surface area contributed by atoms with E-state index < -0.39 is 28.8 Å².